The molecule has 0 saturated carbocycles. The van der Waals surface area contributed by atoms with Crippen molar-refractivity contribution in [3.63, 3.8) is 0 Å². The van der Waals surface area contributed by atoms with Gasteiger partial charge < -0.3 is 19.9 Å². The van der Waals surface area contributed by atoms with Crippen LogP contribution in [0, 0.1) is 3.57 Å². The Balaban J connectivity index is 1.76. The van der Waals surface area contributed by atoms with Gasteiger partial charge in [0.1, 0.15) is 11.5 Å². The Morgan fingerprint density at radius 3 is 2.67 bits per heavy atom. The van der Waals surface area contributed by atoms with Gasteiger partial charge in [-0.25, -0.2) is 9.79 Å². The molecule has 1 amide bonds. The van der Waals surface area contributed by atoms with Crippen molar-refractivity contribution in [1.29, 1.82) is 0 Å². The normalized spacial score (nSPS) is 16.0. The number of hydrogen-bond acceptors (Lipinski definition) is 6. The third-order valence-electron chi connectivity index (χ3n) is 3.69. The van der Waals surface area contributed by atoms with E-state index in [1.54, 1.807) is 12.1 Å². The highest BCUT2D eigenvalue weighted by molar-refractivity contribution is 14.1. The number of hydrogen-bond donors (Lipinski definition) is 2. The minimum atomic E-state index is -1.05. The zero-order chi connectivity index (χ0) is 21.7. The molecule has 30 heavy (non-hydrogen) atoms. The average Bonchev–Trinajstić information content (AvgIpc) is 3.01. The van der Waals surface area contributed by atoms with Gasteiger partial charge in [-0.05, 0) is 105 Å². The summed E-state index contributed by atoms with van der Waals surface area (Å²) in [6, 6.07) is 10.9. The first kappa shape index (κ1) is 22.6. The maximum atomic E-state index is 12.3. The van der Waals surface area contributed by atoms with Crippen LogP contribution in [-0.4, -0.2) is 35.4 Å². The van der Waals surface area contributed by atoms with Gasteiger partial charge in [0.25, 0.3) is 5.91 Å². The molecule has 0 spiro atoms. The monoisotopic (exact) mass is 602 g/mol. The van der Waals surface area contributed by atoms with Gasteiger partial charge in [-0.2, -0.15) is 0 Å². The van der Waals surface area contributed by atoms with E-state index in [1.165, 1.54) is 11.8 Å². The first-order valence-corrected chi connectivity index (χ1v) is 11.4. The lowest BCUT2D eigenvalue weighted by molar-refractivity contribution is -0.139. The average molecular weight is 603 g/mol. The minimum Gasteiger partial charge on any atom is -0.494 e. The Kier molecular flexibility index (Phi) is 7.78. The molecule has 0 radical (unpaired) electrons. The Bertz CT molecular complexity index is 1020. The minimum absolute atomic E-state index is 0.234. The third-order valence-corrected chi connectivity index (χ3v) is 5.99. The van der Waals surface area contributed by atoms with Crippen LogP contribution >= 0.6 is 50.3 Å². The molecule has 1 fully saturated rings. The molecule has 0 aromatic heterocycles. The van der Waals surface area contributed by atoms with Gasteiger partial charge in [-0.1, -0.05) is 0 Å². The quantitative estimate of drug-likeness (QED) is 0.349. The standard InChI is InChI=1S/C20H16BrIN2O5S/c1-2-28-13-5-3-12(4-6-13)23-20-24-19(27)16(30-20)9-11-7-14(21)18(15(22)8-11)29-10-17(25)26/h3-9H,2,10H2,1H3,(H,25,26)(H,23,24,27)/b16-9+. The molecular weight excluding hydrogens is 587 g/mol. The summed E-state index contributed by atoms with van der Waals surface area (Å²) in [4.78, 5) is 28.0. The number of rotatable bonds is 7. The summed E-state index contributed by atoms with van der Waals surface area (Å²) in [5.74, 6) is -0.0770. The van der Waals surface area contributed by atoms with Crippen LogP contribution in [-0.2, 0) is 9.59 Å². The van der Waals surface area contributed by atoms with Crippen molar-refractivity contribution >= 4 is 79.1 Å². The van der Waals surface area contributed by atoms with E-state index in [4.69, 9.17) is 14.6 Å². The fourth-order valence-corrected chi connectivity index (χ4v) is 5.08. The summed E-state index contributed by atoms with van der Waals surface area (Å²) < 4.78 is 12.0. The van der Waals surface area contributed by atoms with Gasteiger partial charge in [0.2, 0.25) is 0 Å². The van der Waals surface area contributed by atoms with Gasteiger partial charge in [0, 0.05) is 0 Å². The Labute approximate surface area is 199 Å². The molecule has 2 aromatic rings. The van der Waals surface area contributed by atoms with Crippen LogP contribution in [0.4, 0.5) is 5.69 Å². The Morgan fingerprint density at radius 2 is 2.03 bits per heavy atom. The van der Waals surface area contributed by atoms with E-state index in [9.17, 15) is 9.59 Å². The van der Waals surface area contributed by atoms with Crippen molar-refractivity contribution in [2.24, 2.45) is 4.99 Å². The van der Waals surface area contributed by atoms with Crippen LogP contribution < -0.4 is 14.8 Å². The summed E-state index contributed by atoms with van der Waals surface area (Å²) in [5, 5.41) is 12.0. The van der Waals surface area contributed by atoms with Gasteiger partial charge in [0.15, 0.2) is 11.8 Å². The van der Waals surface area contributed by atoms with Crippen molar-refractivity contribution in [3.05, 3.63) is 54.9 Å². The smallest absolute Gasteiger partial charge is 0.341 e. The fourth-order valence-electron chi connectivity index (χ4n) is 2.47. The number of aliphatic imine (C=N–C) groups is 1. The first-order valence-electron chi connectivity index (χ1n) is 8.71. The number of carboxylic acid groups (broad SMARTS) is 1. The van der Waals surface area contributed by atoms with Crippen LogP contribution in [0.2, 0.25) is 0 Å². The maximum absolute atomic E-state index is 12.3. The van der Waals surface area contributed by atoms with Crippen molar-refractivity contribution in [2.45, 2.75) is 6.92 Å². The number of thioether (sulfide) groups is 1. The summed E-state index contributed by atoms with van der Waals surface area (Å²) in [6.07, 6.45) is 1.74. The number of ether oxygens (including phenoxy) is 2. The lowest BCUT2D eigenvalue weighted by atomic mass is 10.2. The number of nitrogens with one attached hydrogen (secondary N) is 1. The summed E-state index contributed by atoms with van der Waals surface area (Å²) in [6.45, 7) is 2.08. The second-order valence-electron chi connectivity index (χ2n) is 5.90. The van der Waals surface area contributed by atoms with Crippen molar-refractivity contribution in [1.82, 2.24) is 5.32 Å². The molecule has 2 aromatic carbocycles. The zero-order valence-electron chi connectivity index (χ0n) is 15.6. The van der Waals surface area contributed by atoms with Gasteiger partial charge >= 0.3 is 5.97 Å². The molecule has 2 N–H and O–H groups in total. The van der Waals surface area contributed by atoms with Crippen LogP contribution in [0.1, 0.15) is 12.5 Å². The van der Waals surface area contributed by atoms with E-state index < -0.39 is 12.6 Å². The molecule has 0 aliphatic carbocycles. The number of carbonyl (C=O) groups is 2. The largest absolute Gasteiger partial charge is 0.494 e. The molecule has 1 aliphatic heterocycles. The number of carbonyl (C=O) groups excluding carboxylic acids is 1. The lowest BCUT2D eigenvalue weighted by Crippen LogP contribution is -2.19. The van der Waals surface area contributed by atoms with E-state index in [-0.39, 0.29) is 5.91 Å². The molecule has 10 heteroatoms. The number of nitrogens with zero attached hydrogens (tertiary/aromatic N) is 1. The third kappa shape index (κ3) is 5.99. The number of carboxylic acids is 1. The topological polar surface area (TPSA) is 97.2 Å². The van der Waals surface area contributed by atoms with Crippen molar-refractivity contribution < 1.29 is 24.2 Å². The highest BCUT2D eigenvalue weighted by atomic mass is 127. The van der Waals surface area contributed by atoms with Crippen molar-refractivity contribution in [3.8, 4) is 11.5 Å². The highest BCUT2D eigenvalue weighted by Crippen LogP contribution is 2.34. The van der Waals surface area contributed by atoms with Gasteiger partial charge in [-0.15, -0.1) is 0 Å². The first-order chi connectivity index (χ1) is 14.4. The van der Waals surface area contributed by atoms with Crippen molar-refractivity contribution in [2.75, 3.05) is 13.2 Å². The highest BCUT2D eigenvalue weighted by Gasteiger charge is 2.24. The SMILES string of the molecule is CCOc1ccc(N=C2NC(=O)/C(=C\c3cc(Br)c(OCC(=O)O)c(I)c3)S2)cc1. The van der Waals surface area contributed by atoms with Crippen LogP contribution in [0.15, 0.2) is 50.8 Å². The molecule has 3 rings (SSSR count). The molecule has 1 aliphatic rings. The van der Waals surface area contributed by atoms with Crippen LogP contribution in [0.5, 0.6) is 11.5 Å². The number of amides is 1. The lowest BCUT2D eigenvalue weighted by Gasteiger charge is -2.09. The fraction of sp³-hybridized carbons (Fsp3) is 0.150. The molecule has 0 unspecified atom stereocenters. The molecule has 1 saturated heterocycles. The van der Waals surface area contributed by atoms with E-state index in [0.29, 0.717) is 32.6 Å². The van der Waals surface area contributed by atoms with Gasteiger partial charge in [-0.3, -0.25) is 4.79 Å². The maximum Gasteiger partial charge on any atom is 0.341 e. The second kappa shape index (κ2) is 10.3. The number of benzene rings is 2. The second-order valence-corrected chi connectivity index (χ2v) is 8.95. The predicted octanol–water partition coefficient (Wildman–Crippen LogP) is 4.81. The summed E-state index contributed by atoms with van der Waals surface area (Å²) in [5.41, 5.74) is 1.48. The molecule has 7 nitrogen and oxygen atoms in total. The van der Waals surface area contributed by atoms with E-state index in [2.05, 4.69) is 48.8 Å². The number of amidine groups is 1. The van der Waals surface area contributed by atoms with E-state index >= 15 is 0 Å². The van der Waals surface area contributed by atoms with Crippen LogP contribution in [0.25, 0.3) is 6.08 Å². The summed E-state index contributed by atoms with van der Waals surface area (Å²) in [7, 11) is 0. The molecule has 156 valence electrons. The predicted molar refractivity (Wildman–Crippen MR) is 128 cm³/mol. The zero-order valence-corrected chi connectivity index (χ0v) is 20.2. The van der Waals surface area contributed by atoms with Crippen LogP contribution in [0.3, 0.4) is 0 Å². The Hall–Kier alpha value is -2.05. The van der Waals surface area contributed by atoms with E-state index in [1.807, 2.05) is 37.3 Å². The summed E-state index contributed by atoms with van der Waals surface area (Å²) >= 11 is 6.70. The Morgan fingerprint density at radius 1 is 1.30 bits per heavy atom. The molecule has 0 bridgehead atoms. The molecule has 1 heterocycles. The van der Waals surface area contributed by atoms with E-state index in [0.717, 1.165) is 14.9 Å². The van der Waals surface area contributed by atoms with Gasteiger partial charge in [0.05, 0.1) is 25.2 Å². The molecular formula is C20H16BrIN2O5S. The number of halogens is 2. The number of aliphatic carboxylic acids is 1. The molecule has 0 atom stereocenters.